The summed E-state index contributed by atoms with van der Waals surface area (Å²) in [7, 11) is 0. The Hall–Kier alpha value is -1.63. The summed E-state index contributed by atoms with van der Waals surface area (Å²) in [5.74, 6) is 0.650. The van der Waals surface area contributed by atoms with Crippen molar-refractivity contribution in [3.63, 3.8) is 0 Å². The second kappa shape index (κ2) is 10.3. The number of aryl methyl sites for hydroxylation is 2. The maximum atomic E-state index is 11.9. The molecule has 1 unspecified atom stereocenters. The second-order valence-corrected chi connectivity index (χ2v) is 5.62. The summed E-state index contributed by atoms with van der Waals surface area (Å²) in [6, 6.07) is 6.16. The third kappa shape index (κ3) is 6.11. The van der Waals surface area contributed by atoms with E-state index in [1.807, 2.05) is 29.1 Å². The first-order valence-electron chi connectivity index (χ1n) is 7.75. The number of pyridine rings is 1. The Kier molecular flexibility index (Phi) is 8.74. The van der Waals surface area contributed by atoms with Crippen LogP contribution >= 0.6 is 24.8 Å². The molecule has 2 aromatic heterocycles. The van der Waals surface area contributed by atoms with Gasteiger partial charge in [0.25, 0.3) is 0 Å². The van der Waals surface area contributed by atoms with Crippen molar-refractivity contribution >= 4 is 36.5 Å². The molecule has 0 saturated carbocycles. The van der Waals surface area contributed by atoms with Crippen LogP contribution in [0.2, 0.25) is 0 Å². The molecule has 0 aliphatic carbocycles. The molecular weight excluding hydrogens is 349 g/mol. The summed E-state index contributed by atoms with van der Waals surface area (Å²) in [4.78, 5) is 16.0. The van der Waals surface area contributed by atoms with E-state index >= 15 is 0 Å². The summed E-state index contributed by atoms with van der Waals surface area (Å²) in [5, 5.41) is 10.6. The number of carbonyl (C=O) groups is 1. The fourth-order valence-corrected chi connectivity index (χ4v) is 2.69. The van der Waals surface area contributed by atoms with E-state index in [9.17, 15) is 4.79 Å². The number of carbonyl (C=O) groups excluding carboxylic acids is 1. The van der Waals surface area contributed by atoms with Crippen LogP contribution in [-0.2, 0) is 17.8 Å². The van der Waals surface area contributed by atoms with Crippen LogP contribution in [0.3, 0.4) is 0 Å². The van der Waals surface area contributed by atoms with Crippen molar-refractivity contribution < 1.29 is 4.79 Å². The zero-order valence-corrected chi connectivity index (χ0v) is 15.0. The van der Waals surface area contributed by atoms with Crippen LogP contribution in [0.15, 0.2) is 36.8 Å². The number of hydrogen-bond donors (Lipinski definition) is 2. The van der Waals surface area contributed by atoms with Gasteiger partial charge in [-0.15, -0.1) is 24.8 Å². The Morgan fingerprint density at radius 3 is 2.79 bits per heavy atom. The van der Waals surface area contributed by atoms with E-state index in [4.69, 9.17) is 0 Å². The van der Waals surface area contributed by atoms with E-state index in [0.717, 1.165) is 32.4 Å². The van der Waals surface area contributed by atoms with Crippen molar-refractivity contribution in [1.29, 1.82) is 0 Å². The summed E-state index contributed by atoms with van der Waals surface area (Å²) in [5.41, 5.74) is 1.23. The number of hydrogen-bond acceptors (Lipinski definition) is 4. The average Bonchev–Trinajstić information content (AvgIpc) is 3.18. The molecule has 2 N–H and O–H groups in total. The number of aromatic nitrogens is 3. The zero-order chi connectivity index (χ0) is 15.2. The Balaban J connectivity index is 0.00000144. The van der Waals surface area contributed by atoms with Gasteiger partial charge in [0.1, 0.15) is 0 Å². The topological polar surface area (TPSA) is 71.8 Å². The molecule has 8 heteroatoms. The van der Waals surface area contributed by atoms with Gasteiger partial charge in [0.05, 0.1) is 0 Å². The average molecular weight is 372 g/mol. The summed E-state index contributed by atoms with van der Waals surface area (Å²) < 4.78 is 1.85. The molecule has 1 aliphatic heterocycles. The summed E-state index contributed by atoms with van der Waals surface area (Å²) in [6.45, 7) is 1.80. The fraction of sp³-hybridized carbons (Fsp3) is 0.438. The fourth-order valence-electron chi connectivity index (χ4n) is 2.69. The van der Waals surface area contributed by atoms with Gasteiger partial charge in [0, 0.05) is 43.7 Å². The first-order valence-corrected chi connectivity index (χ1v) is 7.75. The van der Waals surface area contributed by atoms with Gasteiger partial charge in [0.2, 0.25) is 5.91 Å². The minimum atomic E-state index is 0. The molecule has 132 valence electrons. The highest BCUT2D eigenvalue weighted by Gasteiger charge is 2.17. The molecule has 1 saturated heterocycles. The summed E-state index contributed by atoms with van der Waals surface area (Å²) in [6.07, 6.45) is 9.12. The van der Waals surface area contributed by atoms with Crippen LogP contribution in [0.4, 0.5) is 5.82 Å². The molecule has 0 spiro atoms. The third-order valence-electron chi connectivity index (χ3n) is 3.88. The Labute approximate surface area is 154 Å². The molecule has 3 rings (SSSR count). The lowest BCUT2D eigenvalue weighted by Crippen LogP contribution is -2.27. The molecule has 1 atom stereocenters. The molecule has 2 aromatic rings. The van der Waals surface area contributed by atoms with E-state index in [2.05, 4.69) is 20.7 Å². The van der Waals surface area contributed by atoms with Gasteiger partial charge in [0.15, 0.2) is 5.82 Å². The Bertz CT molecular complexity index is 614. The number of nitrogens with one attached hydrogen (secondary N) is 2. The highest BCUT2D eigenvalue weighted by molar-refractivity contribution is 5.90. The zero-order valence-electron chi connectivity index (χ0n) is 13.4. The largest absolute Gasteiger partial charge is 0.313 e. The molecule has 0 bridgehead atoms. The number of amides is 1. The van der Waals surface area contributed by atoms with Crippen LogP contribution in [0, 0.1) is 0 Å². The van der Waals surface area contributed by atoms with Gasteiger partial charge in [-0.3, -0.25) is 14.5 Å². The van der Waals surface area contributed by atoms with E-state index < -0.39 is 0 Å². The van der Waals surface area contributed by atoms with Crippen LogP contribution in [-0.4, -0.2) is 33.3 Å². The highest BCUT2D eigenvalue weighted by Crippen LogP contribution is 2.11. The van der Waals surface area contributed by atoms with E-state index in [-0.39, 0.29) is 30.7 Å². The number of nitrogens with zero attached hydrogens (tertiary/aromatic N) is 3. The van der Waals surface area contributed by atoms with Gasteiger partial charge < -0.3 is 10.6 Å². The normalized spacial score (nSPS) is 16.1. The first-order chi connectivity index (χ1) is 10.8. The molecule has 0 radical (unpaired) electrons. The molecule has 24 heavy (non-hydrogen) atoms. The van der Waals surface area contributed by atoms with Crippen LogP contribution in [0.1, 0.15) is 24.8 Å². The van der Waals surface area contributed by atoms with Crippen molar-refractivity contribution in [1.82, 2.24) is 20.1 Å². The van der Waals surface area contributed by atoms with Gasteiger partial charge in [-0.2, -0.15) is 5.10 Å². The minimum absolute atomic E-state index is 0. The molecule has 1 fully saturated rings. The monoisotopic (exact) mass is 371 g/mol. The molecule has 1 aliphatic rings. The molecule has 3 heterocycles. The minimum Gasteiger partial charge on any atom is -0.313 e. The number of anilines is 1. The second-order valence-electron chi connectivity index (χ2n) is 5.62. The van der Waals surface area contributed by atoms with Gasteiger partial charge in [-0.1, -0.05) is 0 Å². The van der Waals surface area contributed by atoms with Crippen LogP contribution in [0.25, 0.3) is 0 Å². The standard InChI is InChI=1S/C16H21N5O.2ClH/c22-16(12-14-2-1-7-18-14)19-15-6-11-21(20-15)10-5-13-3-8-17-9-4-13;;/h3-4,6,8-9,11,14,18H,1-2,5,7,10,12H2,(H,19,20,22);2*1H. The molecule has 6 nitrogen and oxygen atoms in total. The van der Waals surface area contributed by atoms with Crippen molar-refractivity contribution in [3.8, 4) is 0 Å². The van der Waals surface area contributed by atoms with Crippen molar-refractivity contribution in [2.75, 3.05) is 11.9 Å². The van der Waals surface area contributed by atoms with Crippen molar-refractivity contribution in [2.45, 2.75) is 38.3 Å². The van der Waals surface area contributed by atoms with E-state index in [1.54, 1.807) is 12.4 Å². The predicted octanol–water partition coefficient (Wildman–Crippen LogP) is 2.45. The Morgan fingerprint density at radius 1 is 1.29 bits per heavy atom. The quantitative estimate of drug-likeness (QED) is 0.817. The molecular formula is C16H23Cl2N5O. The van der Waals surface area contributed by atoms with Gasteiger partial charge >= 0.3 is 0 Å². The highest BCUT2D eigenvalue weighted by atomic mass is 35.5. The van der Waals surface area contributed by atoms with Crippen LogP contribution < -0.4 is 10.6 Å². The third-order valence-corrected chi connectivity index (χ3v) is 3.88. The van der Waals surface area contributed by atoms with E-state index in [1.165, 1.54) is 5.56 Å². The predicted molar refractivity (Wildman–Crippen MR) is 98.9 cm³/mol. The number of halogens is 2. The lowest BCUT2D eigenvalue weighted by atomic mass is 10.1. The smallest absolute Gasteiger partial charge is 0.227 e. The lowest BCUT2D eigenvalue weighted by Gasteiger charge is -2.08. The van der Waals surface area contributed by atoms with Crippen LogP contribution in [0.5, 0.6) is 0 Å². The van der Waals surface area contributed by atoms with Crippen molar-refractivity contribution in [2.24, 2.45) is 0 Å². The SMILES string of the molecule is Cl.Cl.O=C(CC1CCCN1)Nc1ccn(CCc2ccncc2)n1. The van der Waals surface area contributed by atoms with E-state index in [0.29, 0.717) is 18.3 Å². The van der Waals surface area contributed by atoms with Gasteiger partial charge in [-0.05, 0) is 43.5 Å². The first kappa shape index (κ1) is 20.4. The lowest BCUT2D eigenvalue weighted by molar-refractivity contribution is -0.116. The molecule has 0 aromatic carbocycles. The maximum Gasteiger partial charge on any atom is 0.227 e. The van der Waals surface area contributed by atoms with Gasteiger partial charge in [-0.25, -0.2) is 0 Å². The molecule has 1 amide bonds. The Morgan fingerprint density at radius 2 is 2.08 bits per heavy atom. The summed E-state index contributed by atoms with van der Waals surface area (Å²) >= 11 is 0. The maximum absolute atomic E-state index is 11.9. The number of rotatable bonds is 6. The van der Waals surface area contributed by atoms with Crippen molar-refractivity contribution in [3.05, 3.63) is 42.4 Å².